The van der Waals surface area contributed by atoms with Crippen LogP contribution in [0.25, 0.3) is 0 Å². The van der Waals surface area contributed by atoms with Crippen LogP contribution >= 0.6 is 0 Å². The number of amides is 1. The number of aryl methyl sites for hydroxylation is 2. The van der Waals surface area contributed by atoms with Crippen LogP contribution in [0.2, 0.25) is 0 Å². The summed E-state index contributed by atoms with van der Waals surface area (Å²) >= 11 is 0. The van der Waals surface area contributed by atoms with E-state index in [4.69, 9.17) is 4.52 Å². The minimum absolute atomic E-state index is 0.157. The zero-order valence-corrected chi connectivity index (χ0v) is 15.3. The van der Waals surface area contributed by atoms with E-state index < -0.39 is 0 Å². The van der Waals surface area contributed by atoms with E-state index in [1.807, 2.05) is 24.3 Å². The molecular formula is C18H27N5O2. The molecule has 0 aromatic carbocycles. The molecule has 1 atom stereocenters. The third-order valence-electron chi connectivity index (χ3n) is 4.58. The Labute approximate surface area is 148 Å². The third-order valence-corrected chi connectivity index (χ3v) is 4.58. The number of carbonyl (C=O) groups excluding carboxylic acids is 1. The van der Waals surface area contributed by atoms with Crippen LogP contribution in [0.4, 0.5) is 0 Å². The first kappa shape index (κ1) is 17.6. The summed E-state index contributed by atoms with van der Waals surface area (Å²) in [7, 11) is 1.89. The van der Waals surface area contributed by atoms with Gasteiger partial charge in [-0.3, -0.25) is 9.48 Å². The van der Waals surface area contributed by atoms with Crippen molar-refractivity contribution in [3.63, 3.8) is 0 Å². The number of piperidine rings is 1. The fourth-order valence-electron chi connectivity index (χ4n) is 3.30. The van der Waals surface area contributed by atoms with Crippen molar-refractivity contribution in [2.45, 2.75) is 51.9 Å². The molecule has 0 aliphatic carbocycles. The van der Waals surface area contributed by atoms with Gasteiger partial charge in [0.25, 0.3) is 0 Å². The molecule has 7 nitrogen and oxygen atoms in total. The molecule has 0 spiro atoms. The molecule has 0 radical (unpaired) electrons. The van der Waals surface area contributed by atoms with Crippen LogP contribution in [-0.2, 0) is 24.7 Å². The van der Waals surface area contributed by atoms with Gasteiger partial charge in [-0.25, -0.2) is 0 Å². The maximum atomic E-state index is 12.5. The maximum absolute atomic E-state index is 12.5. The minimum Gasteiger partial charge on any atom is -0.342 e. The van der Waals surface area contributed by atoms with Crippen LogP contribution in [-0.4, -0.2) is 43.8 Å². The Balaban J connectivity index is 1.55. The molecule has 0 N–H and O–H groups in total. The van der Waals surface area contributed by atoms with Gasteiger partial charge in [0.15, 0.2) is 5.82 Å². The molecule has 136 valence electrons. The third kappa shape index (κ3) is 4.67. The maximum Gasteiger partial charge on any atom is 0.231 e. The van der Waals surface area contributed by atoms with Crippen molar-refractivity contribution in [3.05, 3.63) is 29.7 Å². The van der Waals surface area contributed by atoms with Crippen LogP contribution in [0.5, 0.6) is 0 Å². The molecule has 1 saturated heterocycles. The van der Waals surface area contributed by atoms with Gasteiger partial charge in [-0.1, -0.05) is 19.0 Å². The van der Waals surface area contributed by atoms with Crippen molar-refractivity contribution in [2.24, 2.45) is 13.0 Å². The van der Waals surface area contributed by atoms with Crippen LogP contribution in [0.1, 0.15) is 56.3 Å². The summed E-state index contributed by atoms with van der Waals surface area (Å²) in [6.07, 6.45) is 7.82. The minimum atomic E-state index is 0.157. The number of aromatic nitrogens is 4. The Morgan fingerprint density at radius 2 is 2.28 bits per heavy atom. The molecule has 2 aromatic heterocycles. The lowest BCUT2D eigenvalue weighted by Crippen LogP contribution is -2.39. The van der Waals surface area contributed by atoms with E-state index in [1.54, 1.807) is 4.68 Å². The van der Waals surface area contributed by atoms with Crippen LogP contribution < -0.4 is 0 Å². The molecule has 0 bridgehead atoms. The molecule has 0 saturated carbocycles. The Hall–Kier alpha value is -2.18. The predicted molar refractivity (Wildman–Crippen MR) is 92.9 cm³/mol. The molecule has 25 heavy (non-hydrogen) atoms. The second kappa shape index (κ2) is 7.80. The lowest BCUT2D eigenvalue weighted by Gasteiger charge is -2.31. The van der Waals surface area contributed by atoms with Crippen molar-refractivity contribution in [1.82, 2.24) is 24.8 Å². The summed E-state index contributed by atoms with van der Waals surface area (Å²) in [6.45, 7) is 5.77. The van der Waals surface area contributed by atoms with Gasteiger partial charge in [-0.15, -0.1) is 0 Å². The molecule has 3 rings (SSSR count). The molecule has 1 amide bonds. The number of carbonyl (C=O) groups is 1. The number of rotatable bonds is 6. The average molecular weight is 345 g/mol. The highest BCUT2D eigenvalue weighted by atomic mass is 16.5. The first-order chi connectivity index (χ1) is 12.0. The summed E-state index contributed by atoms with van der Waals surface area (Å²) in [4.78, 5) is 19.0. The number of hydrogen-bond acceptors (Lipinski definition) is 5. The summed E-state index contributed by atoms with van der Waals surface area (Å²) in [5, 5.41) is 8.23. The first-order valence-electron chi connectivity index (χ1n) is 9.09. The molecule has 2 aromatic rings. The fraction of sp³-hybridized carbons (Fsp3) is 0.667. The van der Waals surface area contributed by atoms with Crippen LogP contribution in [0, 0.1) is 5.92 Å². The second-order valence-corrected chi connectivity index (χ2v) is 7.35. The van der Waals surface area contributed by atoms with Gasteiger partial charge in [0.1, 0.15) is 0 Å². The van der Waals surface area contributed by atoms with E-state index in [9.17, 15) is 4.79 Å². The highest BCUT2D eigenvalue weighted by Crippen LogP contribution is 2.26. The van der Waals surface area contributed by atoms with Gasteiger partial charge in [-0.05, 0) is 30.7 Å². The van der Waals surface area contributed by atoms with Gasteiger partial charge in [0, 0.05) is 39.2 Å². The lowest BCUT2D eigenvalue weighted by atomic mass is 9.97. The largest absolute Gasteiger partial charge is 0.342 e. The van der Waals surface area contributed by atoms with Gasteiger partial charge in [-0.2, -0.15) is 10.1 Å². The Bertz CT molecular complexity index is 706. The highest BCUT2D eigenvalue weighted by Gasteiger charge is 2.28. The normalized spacial score (nSPS) is 18.1. The standard InChI is InChI=1S/C18H27N5O2/c1-13(2)9-16-20-18(25-21-16)15-5-4-8-23(12-15)17(24)7-6-14-10-19-22(3)11-14/h10-11,13,15H,4-9,12H2,1-3H3/t15-/m0/s1. The predicted octanol–water partition coefficient (Wildman–Crippen LogP) is 2.34. The molecule has 1 fully saturated rings. The molecule has 0 unspecified atom stereocenters. The Morgan fingerprint density at radius 3 is 3.00 bits per heavy atom. The van der Waals surface area contributed by atoms with E-state index in [0.717, 1.165) is 43.6 Å². The summed E-state index contributed by atoms with van der Waals surface area (Å²) in [5.74, 6) is 2.30. The van der Waals surface area contributed by atoms with Crippen molar-refractivity contribution in [2.75, 3.05) is 13.1 Å². The molecule has 1 aliphatic heterocycles. The topological polar surface area (TPSA) is 77.0 Å². The van der Waals surface area contributed by atoms with Crippen molar-refractivity contribution in [3.8, 4) is 0 Å². The average Bonchev–Trinajstić information content (AvgIpc) is 3.21. The zero-order chi connectivity index (χ0) is 17.8. The highest BCUT2D eigenvalue weighted by molar-refractivity contribution is 5.76. The Kier molecular flexibility index (Phi) is 5.50. The van der Waals surface area contributed by atoms with Gasteiger partial charge >= 0.3 is 0 Å². The van der Waals surface area contributed by atoms with E-state index in [1.165, 1.54) is 0 Å². The van der Waals surface area contributed by atoms with Gasteiger partial charge in [0.2, 0.25) is 11.8 Å². The van der Waals surface area contributed by atoms with Gasteiger partial charge in [0.05, 0.1) is 12.1 Å². The van der Waals surface area contributed by atoms with Gasteiger partial charge < -0.3 is 9.42 Å². The monoisotopic (exact) mass is 345 g/mol. The number of hydrogen-bond donors (Lipinski definition) is 0. The van der Waals surface area contributed by atoms with E-state index in [-0.39, 0.29) is 11.8 Å². The fourth-order valence-corrected chi connectivity index (χ4v) is 3.30. The molecule has 3 heterocycles. The first-order valence-corrected chi connectivity index (χ1v) is 9.09. The molecule has 1 aliphatic rings. The summed E-state index contributed by atoms with van der Waals surface area (Å²) in [6, 6.07) is 0. The Morgan fingerprint density at radius 1 is 1.44 bits per heavy atom. The lowest BCUT2D eigenvalue weighted by molar-refractivity contribution is -0.132. The number of likely N-dealkylation sites (tertiary alicyclic amines) is 1. The van der Waals surface area contributed by atoms with Crippen molar-refractivity contribution < 1.29 is 9.32 Å². The van der Waals surface area contributed by atoms with E-state index in [0.29, 0.717) is 24.8 Å². The van der Waals surface area contributed by atoms with Crippen molar-refractivity contribution >= 4 is 5.91 Å². The number of nitrogens with zero attached hydrogens (tertiary/aromatic N) is 5. The molecular weight excluding hydrogens is 318 g/mol. The zero-order valence-electron chi connectivity index (χ0n) is 15.3. The summed E-state index contributed by atoms with van der Waals surface area (Å²) in [5.41, 5.74) is 1.10. The van der Waals surface area contributed by atoms with Crippen LogP contribution in [0.3, 0.4) is 0 Å². The van der Waals surface area contributed by atoms with Crippen LogP contribution in [0.15, 0.2) is 16.9 Å². The van der Waals surface area contributed by atoms with Crippen molar-refractivity contribution in [1.29, 1.82) is 0 Å². The molecule has 7 heteroatoms. The summed E-state index contributed by atoms with van der Waals surface area (Å²) < 4.78 is 7.22. The smallest absolute Gasteiger partial charge is 0.231 e. The quantitative estimate of drug-likeness (QED) is 0.803. The van der Waals surface area contributed by atoms with E-state index in [2.05, 4.69) is 29.1 Å². The SMILES string of the molecule is CC(C)Cc1noc([C@H]2CCCN(C(=O)CCc3cnn(C)c3)C2)n1. The van der Waals surface area contributed by atoms with E-state index >= 15 is 0 Å². The second-order valence-electron chi connectivity index (χ2n) is 7.35.